The number of phenols is 1. The molecule has 1 aliphatic heterocycles. The molecule has 0 bridgehead atoms. The van der Waals surface area contributed by atoms with Crippen LogP contribution in [0.5, 0.6) is 5.75 Å². The quantitative estimate of drug-likeness (QED) is 0.0368. The molecule has 0 fully saturated rings. The van der Waals surface area contributed by atoms with Crippen LogP contribution in [0.1, 0.15) is 36.2 Å². The Bertz CT molecular complexity index is 1470. The van der Waals surface area contributed by atoms with Crippen LogP contribution in [0.2, 0.25) is 0 Å². The molecule has 58 heavy (non-hydrogen) atoms. The van der Waals surface area contributed by atoms with Crippen molar-refractivity contribution >= 4 is 17.8 Å². The van der Waals surface area contributed by atoms with Crippen molar-refractivity contribution in [2.45, 2.75) is 100 Å². The summed E-state index contributed by atoms with van der Waals surface area (Å²) in [5, 5.41) is 127. The number of nitrogens with one attached hydrogen (secondary N) is 2. The number of hydrogen-bond acceptors (Lipinski definition) is 20. The average molecular weight is 841 g/mol. The standard InChI is InChI=1S/C35H56N2O21/c1-4-35(34(51)52,58-26(9-36-18(3)42)31(49)22(45)11-38)54-16-25(48)28(13-40)56-30(14-41)55-27(10-37-33(50)19-7-17(2)5-6-20(19)43)32(23(46)12-39)57-29-8-21(44)24(47)15-53-29/h5-8,21-28,30-32,38-41,43-49H,4,9-16H2,1-3H3,(H,36,42)(H,37,50)(H,51,52)/t21?,22-,23?,24-,25-,26?,27-,28+,30-,31-,32-,35-/m1/s1. The van der Waals surface area contributed by atoms with Gasteiger partial charge in [-0.3, -0.25) is 9.59 Å². The van der Waals surface area contributed by atoms with Crippen LogP contribution >= 0.6 is 0 Å². The largest absolute Gasteiger partial charge is 0.507 e. The van der Waals surface area contributed by atoms with Gasteiger partial charge in [0.05, 0.1) is 38.6 Å². The van der Waals surface area contributed by atoms with E-state index in [-0.39, 0.29) is 5.56 Å². The molecule has 0 saturated heterocycles. The van der Waals surface area contributed by atoms with Gasteiger partial charge in [-0.1, -0.05) is 18.6 Å². The van der Waals surface area contributed by atoms with E-state index < -0.39 is 162 Å². The minimum absolute atomic E-state index is 0.165. The Balaban J connectivity index is 2.37. The lowest BCUT2D eigenvalue weighted by Gasteiger charge is -2.37. The fraction of sp³-hybridized carbons (Fsp3) is 0.686. The summed E-state index contributed by atoms with van der Waals surface area (Å²) in [5.41, 5.74) is 0.442. The van der Waals surface area contributed by atoms with Gasteiger partial charge in [-0.15, -0.1) is 0 Å². The van der Waals surface area contributed by atoms with Crippen molar-refractivity contribution < 1.29 is 104 Å². The summed E-state index contributed by atoms with van der Waals surface area (Å²) >= 11 is 0. The molecule has 0 aliphatic carbocycles. The topological polar surface area (TPSA) is 373 Å². The highest BCUT2D eigenvalue weighted by Gasteiger charge is 2.45. The van der Waals surface area contributed by atoms with E-state index in [9.17, 15) is 75.7 Å². The molecule has 0 radical (unpaired) electrons. The summed E-state index contributed by atoms with van der Waals surface area (Å²) in [4.78, 5) is 37.1. The Labute approximate surface area is 332 Å². The molecule has 0 saturated carbocycles. The van der Waals surface area contributed by atoms with Crippen LogP contribution in [0.25, 0.3) is 0 Å². The number of aliphatic hydroxyl groups is 10. The first-order chi connectivity index (χ1) is 27.4. The third-order valence-corrected chi connectivity index (χ3v) is 8.69. The molecule has 14 N–H and O–H groups in total. The third-order valence-electron chi connectivity index (χ3n) is 8.69. The maximum atomic E-state index is 13.1. The van der Waals surface area contributed by atoms with E-state index in [4.69, 9.17) is 28.4 Å². The van der Waals surface area contributed by atoms with E-state index >= 15 is 0 Å². The number of carboxylic acids is 1. The second-order valence-electron chi connectivity index (χ2n) is 13.2. The summed E-state index contributed by atoms with van der Waals surface area (Å²) in [6.07, 6.45) is -18.6. The highest BCUT2D eigenvalue weighted by molar-refractivity contribution is 5.97. The Kier molecular flexibility index (Phi) is 21.1. The lowest BCUT2D eigenvalue weighted by molar-refractivity contribution is -0.290. The summed E-state index contributed by atoms with van der Waals surface area (Å²) < 4.78 is 33.3. The lowest BCUT2D eigenvalue weighted by Crippen LogP contribution is -2.56. The predicted molar refractivity (Wildman–Crippen MR) is 192 cm³/mol. The maximum absolute atomic E-state index is 13.1. The van der Waals surface area contributed by atoms with Gasteiger partial charge >= 0.3 is 5.97 Å². The summed E-state index contributed by atoms with van der Waals surface area (Å²) in [6, 6.07) is 4.18. The molecule has 332 valence electrons. The van der Waals surface area contributed by atoms with Crippen molar-refractivity contribution in [1.29, 1.82) is 0 Å². The van der Waals surface area contributed by atoms with E-state index in [2.05, 4.69) is 10.6 Å². The summed E-state index contributed by atoms with van der Waals surface area (Å²) in [7, 11) is 0. The number of carbonyl (C=O) groups excluding carboxylic acids is 2. The number of ether oxygens (including phenoxy) is 6. The van der Waals surface area contributed by atoms with Gasteiger partial charge in [0.2, 0.25) is 5.91 Å². The van der Waals surface area contributed by atoms with Gasteiger partial charge in [0.25, 0.3) is 17.6 Å². The van der Waals surface area contributed by atoms with Crippen LogP contribution in [0.3, 0.4) is 0 Å². The molecule has 23 heteroatoms. The van der Waals surface area contributed by atoms with Crippen LogP contribution in [0.4, 0.5) is 0 Å². The number of aliphatic hydroxyl groups excluding tert-OH is 10. The summed E-state index contributed by atoms with van der Waals surface area (Å²) in [6.45, 7) is -2.58. The minimum atomic E-state index is -2.67. The second kappa shape index (κ2) is 24.3. The van der Waals surface area contributed by atoms with Crippen molar-refractivity contribution in [3.05, 3.63) is 41.3 Å². The maximum Gasteiger partial charge on any atom is 0.364 e. The Morgan fingerprint density at radius 1 is 0.897 bits per heavy atom. The Morgan fingerprint density at radius 2 is 1.53 bits per heavy atom. The average Bonchev–Trinajstić information content (AvgIpc) is 3.20. The molecule has 2 amide bonds. The van der Waals surface area contributed by atoms with Crippen LogP contribution in [0, 0.1) is 6.92 Å². The first-order valence-electron chi connectivity index (χ1n) is 18.1. The van der Waals surface area contributed by atoms with E-state index in [1.54, 1.807) is 13.0 Å². The van der Waals surface area contributed by atoms with E-state index in [0.717, 1.165) is 13.0 Å². The van der Waals surface area contributed by atoms with Crippen molar-refractivity contribution in [3.63, 3.8) is 0 Å². The molecular formula is C35H56N2O21. The monoisotopic (exact) mass is 840 g/mol. The van der Waals surface area contributed by atoms with Crippen molar-refractivity contribution in [1.82, 2.24) is 10.6 Å². The lowest BCUT2D eigenvalue weighted by atomic mass is 10.1. The first kappa shape index (κ1) is 50.4. The summed E-state index contributed by atoms with van der Waals surface area (Å²) in [5.74, 6) is -6.75. The highest BCUT2D eigenvalue weighted by atomic mass is 16.7. The van der Waals surface area contributed by atoms with Gasteiger partial charge < -0.3 is 100 Å². The number of hydrogen-bond donors (Lipinski definition) is 14. The zero-order valence-electron chi connectivity index (χ0n) is 32.1. The van der Waals surface area contributed by atoms with Crippen LogP contribution < -0.4 is 10.6 Å². The van der Waals surface area contributed by atoms with Crippen molar-refractivity contribution in [2.75, 3.05) is 52.7 Å². The number of aliphatic carboxylic acids is 1. The molecular weight excluding hydrogens is 784 g/mol. The normalized spacial score (nSPS) is 21.4. The van der Waals surface area contributed by atoms with Crippen molar-refractivity contribution in [2.24, 2.45) is 0 Å². The molecule has 1 aliphatic rings. The molecule has 0 spiro atoms. The SMILES string of the molecule is CC[C@@](OC[C@@H](O)[C@H](CO)O[C@H](CO)O[C@H](CNC(=O)c1cc(C)ccc1O)[C@H](OC1=CC(O)[C@H](O)CO1)C(O)CO)(OC(CNC(C)=O)[C@H](O)[C@H](O)CO)C(=O)O. The number of phenolic OH excluding ortho intramolecular Hbond substituents is 1. The van der Waals surface area contributed by atoms with E-state index in [0.29, 0.717) is 5.56 Å². The Hall–Kier alpha value is -3.79. The molecule has 1 heterocycles. The number of carbonyl (C=O) groups is 3. The van der Waals surface area contributed by atoms with Crippen molar-refractivity contribution in [3.8, 4) is 5.75 Å². The molecule has 2 rings (SSSR count). The number of benzene rings is 1. The van der Waals surface area contributed by atoms with Crippen LogP contribution in [-0.2, 0) is 38.0 Å². The zero-order valence-corrected chi connectivity index (χ0v) is 32.1. The fourth-order valence-corrected chi connectivity index (χ4v) is 5.29. The van der Waals surface area contributed by atoms with Crippen LogP contribution in [0.15, 0.2) is 30.2 Å². The third kappa shape index (κ3) is 14.8. The predicted octanol–water partition coefficient (Wildman–Crippen LogP) is -5.35. The van der Waals surface area contributed by atoms with Gasteiger partial charge in [0.1, 0.15) is 67.3 Å². The van der Waals surface area contributed by atoms with E-state index in [1.165, 1.54) is 19.1 Å². The number of aryl methyl sites for hydroxylation is 1. The second-order valence-corrected chi connectivity index (χ2v) is 13.2. The number of aromatic hydroxyl groups is 1. The number of rotatable bonds is 27. The number of amides is 2. The van der Waals surface area contributed by atoms with Gasteiger partial charge in [-0.05, 0) is 19.1 Å². The first-order valence-corrected chi connectivity index (χ1v) is 18.1. The minimum Gasteiger partial charge on any atom is -0.507 e. The molecule has 1 aromatic carbocycles. The molecule has 1 aromatic rings. The molecule has 23 nitrogen and oxygen atoms in total. The van der Waals surface area contributed by atoms with Crippen LogP contribution in [-0.4, -0.2) is 205 Å². The van der Waals surface area contributed by atoms with Gasteiger partial charge in [0, 0.05) is 32.5 Å². The van der Waals surface area contributed by atoms with Gasteiger partial charge in [-0.25, -0.2) is 4.79 Å². The molecule has 12 atom stereocenters. The zero-order chi connectivity index (χ0) is 43.7. The Morgan fingerprint density at radius 3 is 2.09 bits per heavy atom. The highest BCUT2D eigenvalue weighted by Crippen LogP contribution is 2.26. The smallest absolute Gasteiger partial charge is 0.364 e. The van der Waals surface area contributed by atoms with E-state index in [1.807, 2.05) is 0 Å². The molecule has 0 aromatic heterocycles. The molecule has 3 unspecified atom stereocenters. The van der Waals surface area contributed by atoms with Gasteiger partial charge in [0.15, 0.2) is 12.4 Å². The van der Waals surface area contributed by atoms with Gasteiger partial charge in [-0.2, -0.15) is 0 Å². The fourth-order valence-electron chi connectivity index (χ4n) is 5.29. The number of carboxylic acid groups (broad SMARTS) is 1.